The minimum absolute atomic E-state index is 0.000817. The number of pyridine rings is 1. The van der Waals surface area contributed by atoms with Crippen LogP contribution < -0.4 is 11.1 Å². The number of nitrogens with one attached hydrogen (secondary N) is 1. The first-order valence-corrected chi connectivity index (χ1v) is 10.2. The summed E-state index contributed by atoms with van der Waals surface area (Å²) in [6.45, 7) is 3.76. The van der Waals surface area contributed by atoms with E-state index in [1.807, 2.05) is 19.9 Å². The molecule has 31 heavy (non-hydrogen) atoms. The summed E-state index contributed by atoms with van der Waals surface area (Å²) < 4.78 is 41.6. The van der Waals surface area contributed by atoms with E-state index in [9.17, 15) is 18.0 Å². The van der Waals surface area contributed by atoms with Crippen molar-refractivity contribution in [2.75, 3.05) is 11.1 Å². The average molecular weight is 441 g/mol. The molecule has 0 radical (unpaired) electrons. The molecule has 2 heterocycles. The number of rotatable bonds is 3. The molecule has 0 aliphatic heterocycles. The Kier molecular flexibility index (Phi) is 5.18. The number of hydrogen-bond acceptors (Lipinski definition) is 4. The van der Waals surface area contributed by atoms with E-state index < -0.39 is 17.6 Å². The minimum atomic E-state index is -4.65. The number of halogens is 3. The Morgan fingerprint density at radius 1 is 1.06 bits per heavy atom. The van der Waals surface area contributed by atoms with Gasteiger partial charge in [-0.05, 0) is 37.1 Å². The molecule has 2 aromatic heterocycles. The molecule has 0 saturated heterocycles. The second kappa shape index (κ2) is 7.70. The van der Waals surface area contributed by atoms with Crippen LogP contribution in [0.5, 0.6) is 0 Å². The van der Waals surface area contributed by atoms with E-state index in [1.165, 1.54) is 0 Å². The highest BCUT2D eigenvalue weighted by molar-refractivity contribution is 7.21. The number of alkyl halides is 3. The van der Waals surface area contributed by atoms with Gasteiger partial charge in [0.25, 0.3) is 5.91 Å². The molecular weight excluding hydrogens is 423 g/mol. The summed E-state index contributed by atoms with van der Waals surface area (Å²) >= 11 is 0.852. The van der Waals surface area contributed by atoms with Crippen molar-refractivity contribution in [1.82, 2.24) is 4.98 Å². The number of fused-ring (bicyclic) bond motifs is 1. The lowest BCUT2D eigenvalue weighted by atomic mass is 10.1. The highest BCUT2D eigenvalue weighted by Crippen LogP contribution is 2.43. The number of carbonyl (C=O) groups excluding carboxylic acids is 1. The fourth-order valence-corrected chi connectivity index (χ4v) is 4.35. The smallest absolute Gasteiger partial charge is 0.397 e. The van der Waals surface area contributed by atoms with Crippen molar-refractivity contribution in [1.29, 1.82) is 0 Å². The number of nitrogens with zero attached hydrogens (tertiary/aromatic N) is 1. The van der Waals surface area contributed by atoms with Crippen molar-refractivity contribution in [2.24, 2.45) is 0 Å². The second-order valence-corrected chi connectivity index (χ2v) is 8.14. The lowest BCUT2D eigenvalue weighted by molar-refractivity contribution is -0.136. The van der Waals surface area contributed by atoms with Gasteiger partial charge < -0.3 is 11.1 Å². The third-order valence-electron chi connectivity index (χ3n) is 5.13. The van der Waals surface area contributed by atoms with Crippen molar-refractivity contribution in [3.63, 3.8) is 0 Å². The molecule has 0 saturated carbocycles. The van der Waals surface area contributed by atoms with Crippen LogP contribution in [0.3, 0.4) is 0 Å². The van der Waals surface area contributed by atoms with Gasteiger partial charge in [0.05, 0.1) is 16.9 Å². The van der Waals surface area contributed by atoms with Crippen molar-refractivity contribution < 1.29 is 18.0 Å². The molecule has 0 unspecified atom stereocenters. The van der Waals surface area contributed by atoms with E-state index in [0.29, 0.717) is 11.3 Å². The number of amides is 1. The predicted molar refractivity (Wildman–Crippen MR) is 118 cm³/mol. The zero-order valence-electron chi connectivity index (χ0n) is 16.7. The molecule has 0 fully saturated rings. The third-order valence-corrected chi connectivity index (χ3v) is 6.23. The van der Waals surface area contributed by atoms with Gasteiger partial charge >= 0.3 is 6.18 Å². The van der Waals surface area contributed by atoms with Crippen LogP contribution in [0.15, 0.2) is 54.6 Å². The highest BCUT2D eigenvalue weighted by Gasteiger charge is 2.36. The standard InChI is InChI=1S/C23H18F3N3OS/c1-12-7-6-10-16(13(12)2)28-21(30)20-19(27)18-15(23(24,25)26)11-17(29-22(18)31-20)14-8-4-3-5-9-14/h3-11H,27H2,1-2H3,(H,28,30). The first-order valence-electron chi connectivity index (χ1n) is 9.40. The monoisotopic (exact) mass is 441 g/mol. The van der Waals surface area contributed by atoms with E-state index in [2.05, 4.69) is 10.3 Å². The summed E-state index contributed by atoms with van der Waals surface area (Å²) in [5.41, 5.74) is 8.08. The van der Waals surface area contributed by atoms with Crippen LogP contribution in [0.25, 0.3) is 21.5 Å². The van der Waals surface area contributed by atoms with Gasteiger partial charge in [-0.2, -0.15) is 13.2 Å². The number of aryl methyl sites for hydroxylation is 1. The van der Waals surface area contributed by atoms with Crippen molar-refractivity contribution in [3.8, 4) is 11.3 Å². The number of anilines is 2. The van der Waals surface area contributed by atoms with Gasteiger partial charge in [-0.25, -0.2) is 4.98 Å². The van der Waals surface area contributed by atoms with E-state index in [1.54, 1.807) is 42.5 Å². The van der Waals surface area contributed by atoms with Crippen LogP contribution >= 0.6 is 11.3 Å². The quantitative estimate of drug-likeness (QED) is 0.385. The molecule has 1 amide bonds. The molecule has 3 N–H and O–H groups in total. The number of benzene rings is 2. The molecule has 0 atom stereocenters. The molecule has 4 aromatic rings. The summed E-state index contributed by atoms with van der Waals surface area (Å²) in [6, 6.07) is 15.0. The largest absolute Gasteiger partial charge is 0.417 e. The predicted octanol–water partition coefficient (Wildman–Crippen LogP) is 6.43. The van der Waals surface area contributed by atoms with Crippen LogP contribution in [0.1, 0.15) is 26.4 Å². The number of thiophene rings is 1. The highest BCUT2D eigenvalue weighted by atomic mass is 32.1. The van der Waals surface area contributed by atoms with Crippen LogP contribution in [0.2, 0.25) is 0 Å². The van der Waals surface area contributed by atoms with Gasteiger partial charge in [0.2, 0.25) is 0 Å². The van der Waals surface area contributed by atoms with Gasteiger partial charge in [0.1, 0.15) is 9.71 Å². The van der Waals surface area contributed by atoms with Crippen molar-refractivity contribution in [3.05, 3.63) is 76.2 Å². The Morgan fingerprint density at radius 3 is 2.45 bits per heavy atom. The number of nitrogen functional groups attached to an aromatic ring is 1. The maximum absolute atomic E-state index is 13.9. The number of hydrogen-bond donors (Lipinski definition) is 2. The summed E-state index contributed by atoms with van der Waals surface area (Å²) in [4.78, 5) is 17.3. The Morgan fingerprint density at radius 2 is 1.77 bits per heavy atom. The van der Waals surface area contributed by atoms with Crippen molar-refractivity contribution in [2.45, 2.75) is 20.0 Å². The molecule has 0 aliphatic rings. The van der Waals surface area contributed by atoms with Crippen LogP contribution in [0.4, 0.5) is 24.5 Å². The summed E-state index contributed by atoms with van der Waals surface area (Å²) in [5.74, 6) is -0.566. The van der Waals surface area contributed by atoms with Crippen molar-refractivity contribution >= 4 is 38.8 Å². The molecule has 0 spiro atoms. The first kappa shape index (κ1) is 20.9. The normalized spacial score (nSPS) is 11.6. The molecule has 0 aliphatic carbocycles. The van der Waals surface area contributed by atoms with E-state index in [0.717, 1.165) is 28.5 Å². The van der Waals surface area contributed by atoms with Gasteiger partial charge in [-0.3, -0.25) is 4.79 Å². The van der Waals surface area contributed by atoms with Gasteiger partial charge in [-0.15, -0.1) is 11.3 Å². The molecule has 2 aromatic carbocycles. The minimum Gasteiger partial charge on any atom is -0.397 e. The lowest BCUT2D eigenvalue weighted by Gasteiger charge is -2.11. The number of carbonyl (C=O) groups is 1. The van der Waals surface area contributed by atoms with E-state index in [4.69, 9.17) is 5.73 Å². The van der Waals surface area contributed by atoms with Gasteiger partial charge in [-0.1, -0.05) is 42.5 Å². The van der Waals surface area contributed by atoms with Gasteiger partial charge in [0, 0.05) is 16.6 Å². The van der Waals surface area contributed by atoms with Crippen LogP contribution in [-0.4, -0.2) is 10.9 Å². The zero-order chi connectivity index (χ0) is 22.3. The first-order chi connectivity index (χ1) is 14.7. The fourth-order valence-electron chi connectivity index (χ4n) is 3.34. The Labute approximate surface area is 180 Å². The second-order valence-electron chi connectivity index (χ2n) is 7.15. The summed E-state index contributed by atoms with van der Waals surface area (Å²) in [5, 5.41) is 2.51. The maximum Gasteiger partial charge on any atom is 0.417 e. The Balaban J connectivity index is 1.85. The SMILES string of the molecule is Cc1cccc(NC(=O)c2sc3nc(-c4ccccc4)cc(C(F)(F)F)c3c2N)c1C. The molecule has 4 nitrogen and oxygen atoms in total. The Hall–Kier alpha value is -3.39. The van der Waals surface area contributed by atoms with Gasteiger partial charge in [0.15, 0.2) is 0 Å². The third kappa shape index (κ3) is 3.86. The summed E-state index contributed by atoms with van der Waals surface area (Å²) in [6.07, 6.45) is -4.65. The maximum atomic E-state index is 13.9. The van der Waals surface area contributed by atoms with Crippen LogP contribution in [-0.2, 0) is 6.18 Å². The Bertz CT molecular complexity index is 1300. The topological polar surface area (TPSA) is 68.0 Å². The number of aromatic nitrogens is 1. The molecule has 8 heteroatoms. The molecule has 158 valence electrons. The molecule has 0 bridgehead atoms. The van der Waals surface area contributed by atoms with E-state index in [-0.39, 0.29) is 26.5 Å². The van der Waals surface area contributed by atoms with Crippen LogP contribution in [0, 0.1) is 13.8 Å². The number of nitrogens with two attached hydrogens (primary N) is 1. The zero-order valence-corrected chi connectivity index (χ0v) is 17.5. The fraction of sp³-hybridized carbons (Fsp3) is 0.130. The lowest BCUT2D eigenvalue weighted by Crippen LogP contribution is -2.13. The molecular formula is C23H18F3N3OS. The summed E-state index contributed by atoms with van der Waals surface area (Å²) in [7, 11) is 0. The average Bonchev–Trinajstić information content (AvgIpc) is 3.07. The van der Waals surface area contributed by atoms with E-state index >= 15 is 0 Å². The molecule has 4 rings (SSSR count).